The van der Waals surface area contributed by atoms with Crippen LogP contribution in [0, 0.1) is 0 Å². The Kier molecular flexibility index (Phi) is 3.50. The van der Waals surface area contributed by atoms with E-state index in [1.807, 2.05) is 36.5 Å². The lowest BCUT2D eigenvalue weighted by Gasteiger charge is -2.00. The molecule has 0 bridgehead atoms. The van der Waals surface area contributed by atoms with Crippen molar-refractivity contribution in [1.82, 2.24) is 35.1 Å². The summed E-state index contributed by atoms with van der Waals surface area (Å²) in [6.07, 6.45) is 7.18. The van der Waals surface area contributed by atoms with Crippen LogP contribution in [-0.4, -0.2) is 35.1 Å². The number of hydrogen-bond donors (Lipinski definition) is 2. The van der Waals surface area contributed by atoms with Crippen molar-refractivity contribution in [2.24, 2.45) is 0 Å². The molecule has 0 amide bonds. The SMILES string of the molecule is c1ccc(-c2cc3c(-c4nc5c(-c6cccs6)cncc5[nH]4)n[nH]c3cn2)nc1. The molecule has 6 heterocycles. The van der Waals surface area contributed by atoms with E-state index in [1.54, 1.807) is 29.9 Å². The molecule has 0 aliphatic carbocycles. The maximum atomic E-state index is 4.86. The molecule has 7 nitrogen and oxygen atoms in total. The van der Waals surface area contributed by atoms with Crippen molar-refractivity contribution < 1.29 is 0 Å². The highest BCUT2D eigenvalue weighted by molar-refractivity contribution is 7.13. The Morgan fingerprint density at radius 2 is 1.90 bits per heavy atom. The lowest BCUT2D eigenvalue weighted by molar-refractivity contribution is 1.10. The van der Waals surface area contributed by atoms with E-state index < -0.39 is 0 Å². The fraction of sp³-hybridized carbons (Fsp3) is 0. The van der Waals surface area contributed by atoms with Gasteiger partial charge in [0.05, 0.1) is 34.8 Å². The Balaban J connectivity index is 1.53. The van der Waals surface area contributed by atoms with E-state index in [4.69, 9.17) is 4.98 Å². The van der Waals surface area contributed by atoms with Crippen molar-refractivity contribution in [3.05, 3.63) is 66.6 Å². The van der Waals surface area contributed by atoms with Crippen LogP contribution in [0.15, 0.2) is 66.6 Å². The molecule has 0 fully saturated rings. The molecule has 0 atom stereocenters. The van der Waals surface area contributed by atoms with Crippen LogP contribution >= 0.6 is 11.3 Å². The lowest BCUT2D eigenvalue weighted by atomic mass is 10.1. The zero-order valence-corrected chi connectivity index (χ0v) is 15.8. The standard InChI is InChI=1S/C21H13N7S/c1-2-6-23-14(4-1)15-8-12-16(11-24-15)27-28-20(12)21-25-17-10-22-9-13(19(17)26-21)18-5-3-7-29-18/h1-11H,(H,25,26)(H,27,28). The van der Waals surface area contributed by atoms with E-state index in [9.17, 15) is 0 Å². The van der Waals surface area contributed by atoms with Crippen molar-refractivity contribution >= 4 is 33.3 Å². The average Bonchev–Trinajstić information content (AvgIpc) is 3.52. The van der Waals surface area contributed by atoms with Crippen molar-refractivity contribution in [1.29, 1.82) is 0 Å². The van der Waals surface area contributed by atoms with Gasteiger partial charge in [-0.25, -0.2) is 4.98 Å². The second kappa shape index (κ2) is 6.32. The number of hydrogen-bond acceptors (Lipinski definition) is 6. The number of aromatic amines is 2. The van der Waals surface area contributed by atoms with Crippen LogP contribution in [0.4, 0.5) is 0 Å². The van der Waals surface area contributed by atoms with Gasteiger partial charge in [-0.2, -0.15) is 5.10 Å². The van der Waals surface area contributed by atoms with E-state index in [0.717, 1.165) is 49.5 Å². The number of nitrogens with one attached hydrogen (secondary N) is 2. The summed E-state index contributed by atoms with van der Waals surface area (Å²) in [4.78, 5) is 22.6. The Hall–Kier alpha value is -3.91. The van der Waals surface area contributed by atoms with Gasteiger partial charge in [-0.15, -0.1) is 11.3 Å². The van der Waals surface area contributed by atoms with E-state index >= 15 is 0 Å². The molecule has 6 aromatic rings. The third-order valence-electron chi connectivity index (χ3n) is 4.78. The fourth-order valence-electron chi connectivity index (χ4n) is 3.41. The molecule has 0 saturated heterocycles. The summed E-state index contributed by atoms with van der Waals surface area (Å²) in [7, 11) is 0. The smallest absolute Gasteiger partial charge is 0.159 e. The molecule has 8 heteroatoms. The molecule has 0 aliphatic heterocycles. The van der Waals surface area contributed by atoms with Gasteiger partial charge >= 0.3 is 0 Å². The second-order valence-corrected chi connectivity index (χ2v) is 7.50. The molecule has 0 aromatic carbocycles. The zero-order chi connectivity index (χ0) is 19.2. The van der Waals surface area contributed by atoms with Crippen LogP contribution in [0.1, 0.15) is 0 Å². The Morgan fingerprint density at radius 3 is 2.76 bits per heavy atom. The van der Waals surface area contributed by atoms with Gasteiger partial charge in [0, 0.05) is 28.2 Å². The first-order chi connectivity index (χ1) is 14.4. The van der Waals surface area contributed by atoms with Gasteiger partial charge in [0.25, 0.3) is 0 Å². The summed E-state index contributed by atoms with van der Waals surface area (Å²) in [5.41, 5.74) is 5.96. The molecule has 138 valence electrons. The van der Waals surface area contributed by atoms with Crippen molar-refractivity contribution in [3.63, 3.8) is 0 Å². The maximum absolute atomic E-state index is 4.86. The van der Waals surface area contributed by atoms with Crippen LogP contribution in [0.5, 0.6) is 0 Å². The van der Waals surface area contributed by atoms with E-state index in [0.29, 0.717) is 5.82 Å². The molecule has 0 radical (unpaired) electrons. The van der Waals surface area contributed by atoms with Crippen LogP contribution in [0.25, 0.3) is 55.3 Å². The highest BCUT2D eigenvalue weighted by Gasteiger charge is 2.16. The molecular formula is C21H13N7S. The van der Waals surface area contributed by atoms with E-state index in [-0.39, 0.29) is 0 Å². The molecule has 29 heavy (non-hydrogen) atoms. The van der Waals surface area contributed by atoms with Gasteiger partial charge < -0.3 is 4.98 Å². The maximum Gasteiger partial charge on any atom is 0.159 e. The second-order valence-electron chi connectivity index (χ2n) is 6.55. The molecule has 0 aliphatic rings. The normalized spacial score (nSPS) is 11.4. The van der Waals surface area contributed by atoms with Crippen molar-refractivity contribution in [2.75, 3.05) is 0 Å². The summed E-state index contributed by atoms with van der Waals surface area (Å²) < 4.78 is 0. The summed E-state index contributed by atoms with van der Waals surface area (Å²) >= 11 is 1.67. The molecule has 0 spiro atoms. The predicted molar refractivity (Wildman–Crippen MR) is 113 cm³/mol. The van der Waals surface area contributed by atoms with Gasteiger partial charge in [-0.3, -0.25) is 20.1 Å². The molecule has 0 unspecified atom stereocenters. The largest absolute Gasteiger partial charge is 0.335 e. The van der Waals surface area contributed by atoms with Crippen molar-refractivity contribution in [2.45, 2.75) is 0 Å². The quantitative estimate of drug-likeness (QED) is 0.453. The molecule has 2 N–H and O–H groups in total. The minimum atomic E-state index is 0.690. The first-order valence-electron chi connectivity index (χ1n) is 9.00. The van der Waals surface area contributed by atoms with Gasteiger partial charge in [-0.1, -0.05) is 12.1 Å². The number of aromatic nitrogens is 7. The number of imidazole rings is 1. The highest BCUT2D eigenvalue weighted by atomic mass is 32.1. The zero-order valence-electron chi connectivity index (χ0n) is 15.0. The highest BCUT2D eigenvalue weighted by Crippen LogP contribution is 2.33. The van der Waals surface area contributed by atoms with Gasteiger partial charge in [0.2, 0.25) is 0 Å². The average molecular weight is 395 g/mol. The van der Waals surface area contributed by atoms with Crippen LogP contribution in [0.3, 0.4) is 0 Å². The number of H-pyrrole nitrogens is 2. The number of rotatable bonds is 3. The molecule has 6 aromatic heterocycles. The third-order valence-corrected chi connectivity index (χ3v) is 5.68. The lowest BCUT2D eigenvalue weighted by Crippen LogP contribution is -1.87. The van der Waals surface area contributed by atoms with Gasteiger partial charge in [0.15, 0.2) is 5.82 Å². The first-order valence-corrected chi connectivity index (χ1v) is 9.88. The van der Waals surface area contributed by atoms with E-state index in [2.05, 4.69) is 41.6 Å². The number of pyridine rings is 3. The van der Waals surface area contributed by atoms with Gasteiger partial charge in [-0.05, 0) is 29.6 Å². The Bertz CT molecular complexity index is 1450. The van der Waals surface area contributed by atoms with Crippen molar-refractivity contribution in [3.8, 4) is 33.3 Å². The predicted octanol–water partition coefficient (Wildman–Crippen LogP) is 4.69. The topological polar surface area (TPSA) is 96.0 Å². The summed E-state index contributed by atoms with van der Waals surface area (Å²) in [5.74, 6) is 0.690. The van der Waals surface area contributed by atoms with Crippen LogP contribution in [-0.2, 0) is 0 Å². The van der Waals surface area contributed by atoms with Crippen LogP contribution < -0.4 is 0 Å². The molecule has 6 rings (SSSR count). The minimum absolute atomic E-state index is 0.690. The number of fused-ring (bicyclic) bond motifs is 2. The Morgan fingerprint density at radius 1 is 0.897 bits per heavy atom. The first kappa shape index (κ1) is 16.1. The van der Waals surface area contributed by atoms with Crippen LogP contribution in [0.2, 0.25) is 0 Å². The molecular weight excluding hydrogens is 382 g/mol. The van der Waals surface area contributed by atoms with E-state index in [1.165, 1.54) is 0 Å². The third kappa shape index (κ3) is 2.61. The van der Waals surface area contributed by atoms with Gasteiger partial charge in [0.1, 0.15) is 11.2 Å². The fourth-order valence-corrected chi connectivity index (χ4v) is 4.15. The Labute approximate surface area is 168 Å². The monoisotopic (exact) mass is 395 g/mol. The summed E-state index contributed by atoms with van der Waals surface area (Å²) in [6, 6.07) is 11.9. The number of nitrogens with zero attached hydrogens (tertiary/aromatic N) is 5. The summed E-state index contributed by atoms with van der Waals surface area (Å²) in [6.45, 7) is 0. The summed E-state index contributed by atoms with van der Waals surface area (Å²) in [5, 5.41) is 10.5. The minimum Gasteiger partial charge on any atom is -0.335 e. The number of thiophene rings is 1. The molecule has 0 saturated carbocycles.